The number of hydrogen-bond acceptors (Lipinski definition) is 13. The molecule has 7 aromatic carbocycles. The molecule has 14 atom stereocenters. The van der Waals surface area contributed by atoms with Gasteiger partial charge < -0.3 is 56.8 Å². The summed E-state index contributed by atoms with van der Waals surface area (Å²) in [7, 11) is 0. The third-order valence-electron chi connectivity index (χ3n) is 16.8. The fourth-order valence-electron chi connectivity index (χ4n) is 12.2. The largest absolute Gasteiger partial charge is 0.509 e. The Morgan fingerprint density at radius 1 is 0.443 bits per heavy atom. The summed E-state index contributed by atoms with van der Waals surface area (Å²) in [6.45, 7) is 12.1. The first-order valence-corrected chi connectivity index (χ1v) is 31.2. The molecule has 0 radical (unpaired) electrons. The minimum Gasteiger partial charge on any atom is -0.431 e. The third-order valence-corrected chi connectivity index (χ3v) is 16.8. The zero-order valence-corrected chi connectivity index (χ0v) is 50.9. The summed E-state index contributed by atoms with van der Waals surface area (Å²) in [5, 5.41) is 0. The van der Waals surface area contributed by atoms with E-state index in [0.29, 0.717) is 18.9 Å². The SMILES string of the molecule is C=CCO[C@@H]1[C@@H](OCc2ccccc2)[C@H](OCc2ccccc2)[C@@H](OCc2ccccc2)[C@@H](O[C@H]2O[C@H](COCc3ccccc3)[C@@H](OCc3ccccc3)[C@H](OCc3ccccc3)[C@@H]2OCc2ccccc2)[C@H]1OC(=O)O[C@@H]1C[C@H](C)CC[C@H]1C(C)C. The van der Waals surface area contributed by atoms with Crippen LogP contribution in [0, 0.1) is 17.8 Å². The summed E-state index contributed by atoms with van der Waals surface area (Å²) in [6.07, 6.45) is -8.30. The zero-order valence-electron chi connectivity index (χ0n) is 50.9. The Bertz CT molecular complexity index is 3070. The van der Waals surface area contributed by atoms with Crippen molar-refractivity contribution in [3.05, 3.63) is 264 Å². The Kier molecular flexibility index (Phi) is 24.5. The van der Waals surface area contributed by atoms with E-state index in [9.17, 15) is 0 Å². The van der Waals surface area contributed by atoms with Gasteiger partial charge in [-0.1, -0.05) is 246 Å². The molecule has 10 rings (SSSR count). The van der Waals surface area contributed by atoms with Crippen LogP contribution in [0.2, 0.25) is 0 Å². The summed E-state index contributed by atoms with van der Waals surface area (Å²) >= 11 is 0. The number of rotatable bonds is 30. The minimum absolute atomic E-state index is 0.0490. The van der Waals surface area contributed by atoms with Gasteiger partial charge >= 0.3 is 6.16 Å². The van der Waals surface area contributed by atoms with Gasteiger partial charge in [0.25, 0.3) is 0 Å². The molecule has 1 aliphatic heterocycles. The van der Waals surface area contributed by atoms with Gasteiger partial charge in [0.05, 0.1) is 59.5 Å². The summed E-state index contributed by atoms with van der Waals surface area (Å²) in [5.41, 5.74) is 6.51. The Morgan fingerprint density at radius 2 is 0.795 bits per heavy atom. The second-order valence-electron chi connectivity index (χ2n) is 23.6. The summed E-state index contributed by atoms with van der Waals surface area (Å²) in [5.74, 6) is 0.723. The fourth-order valence-corrected chi connectivity index (χ4v) is 12.2. The second kappa shape index (κ2) is 33.7. The lowest BCUT2D eigenvalue weighted by atomic mass is 9.75. The van der Waals surface area contributed by atoms with Crippen LogP contribution in [0.15, 0.2) is 225 Å². The van der Waals surface area contributed by atoms with E-state index in [0.717, 1.165) is 51.8 Å². The van der Waals surface area contributed by atoms with Crippen LogP contribution in [0.5, 0.6) is 0 Å². The van der Waals surface area contributed by atoms with Crippen molar-refractivity contribution in [2.45, 2.75) is 160 Å². The molecule has 0 aromatic heterocycles. The van der Waals surface area contributed by atoms with Crippen molar-refractivity contribution in [1.82, 2.24) is 0 Å². The van der Waals surface area contributed by atoms with E-state index in [2.05, 4.69) is 27.4 Å². The molecular weight excluding hydrogens is 1110 g/mol. The number of hydrogen-bond donors (Lipinski definition) is 0. The molecule has 13 heteroatoms. The zero-order chi connectivity index (χ0) is 60.7. The van der Waals surface area contributed by atoms with Crippen LogP contribution in [-0.2, 0) is 103 Å². The highest BCUT2D eigenvalue weighted by atomic mass is 16.8. The van der Waals surface area contributed by atoms with Crippen molar-refractivity contribution in [3.8, 4) is 0 Å². The summed E-state index contributed by atoms with van der Waals surface area (Å²) < 4.78 is 85.4. The van der Waals surface area contributed by atoms with E-state index >= 15 is 4.79 Å². The minimum atomic E-state index is -1.30. The average molecular weight is 1200 g/mol. The predicted molar refractivity (Wildman–Crippen MR) is 336 cm³/mol. The van der Waals surface area contributed by atoms with Crippen LogP contribution in [0.25, 0.3) is 0 Å². The van der Waals surface area contributed by atoms with Crippen LogP contribution in [0.4, 0.5) is 4.79 Å². The van der Waals surface area contributed by atoms with Crippen LogP contribution in [0.3, 0.4) is 0 Å². The lowest BCUT2D eigenvalue weighted by molar-refractivity contribution is -0.363. The van der Waals surface area contributed by atoms with Gasteiger partial charge in [-0.25, -0.2) is 4.79 Å². The Labute approximate surface area is 520 Å². The van der Waals surface area contributed by atoms with E-state index < -0.39 is 79.6 Å². The lowest BCUT2D eigenvalue weighted by Gasteiger charge is -2.52. The highest BCUT2D eigenvalue weighted by Crippen LogP contribution is 2.41. The Hall–Kier alpha value is -6.85. The Balaban J connectivity index is 1.12. The summed E-state index contributed by atoms with van der Waals surface area (Å²) in [6, 6.07) is 69.7. The molecule has 3 aliphatic rings. The number of carbonyl (C=O) groups excluding carboxylic acids is 1. The monoisotopic (exact) mass is 1190 g/mol. The van der Waals surface area contributed by atoms with Crippen LogP contribution >= 0.6 is 0 Å². The summed E-state index contributed by atoms with van der Waals surface area (Å²) in [4.78, 5) is 15.2. The standard InChI is InChI=1S/C75H86O13/c1-5-43-78-69-67(81-48-58-33-19-9-20-34-58)68(82-49-59-35-21-10-22-36-59)70(83-50-60-37-23-11-24-38-60)71(72(69)88-75(76)86-63-44-54(4)41-42-62(63)53(2)3)87-74-73(84-51-61-39-25-12-26-40-61)66(80-47-57-31-17-8-18-32-57)65(79-46-56-29-15-7-16-30-56)64(85-74)52-77-45-55-27-13-6-14-28-55/h5-40,53-54,62-74H,1,41-52H2,2-4H3/t54-,62+,63-,64-,65-,66+,67+,68+,69-,70-,71-,72+,73+,74-/m1/s1. The fraction of sp³-hybridized carbons (Fsp3) is 0.400. The van der Waals surface area contributed by atoms with Gasteiger partial charge in [0.15, 0.2) is 12.4 Å². The van der Waals surface area contributed by atoms with Gasteiger partial charge in [0.2, 0.25) is 0 Å². The van der Waals surface area contributed by atoms with Crippen molar-refractivity contribution < 1.29 is 61.6 Å². The van der Waals surface area contributed by atoms with Crippen molar-refractivity contribution >= 4 is 6.16 Å². The molecule has 1 heterocycles. The molecule has 0 unspecified atom stereocenters. The van der Waals surface area contributed by atoms with E-state index in [-0.39, 0.29) is 64.7 Å². The second-order valence-corrected chi connectivity index (χ2v) is 23.6. The number of carbonyl (C=O) groups is 1. The van der Waals surface area contributed by atoms with Gasteiger partial charge in [-0.05, 0) is 69.5 Å². The van der Waals surface area contributed by atoms with Gasteiger partial charge in [-0.3, -0.25) is 0 Å². The van der Waals surface area contributed by atoms with Gasteiger partial charge in [0, 0.05) is 0 Å². The first-order valence-electron chi connectivity index (χ1n) is 31.2. The van der Waals surface area contributed by atoms with E-state index in [4.69, 9.17) is 56.8 Å². The molecule has 2 saturated carbocycles. The van der Waals surface area contributed by atoms with Gasteiger partial charge in [-0.2, -0.15) is 0 Å². The average Bonchev–Trinajstić information content (AvgIpc) is 1.11. The first-order chi connectivity index (χ1) is 43.3. The van der Waals surface area contributed by atoms with Crippen molar-refractivity contribution in [1.29, 1.82) is 0 Å². The first kappa shape index (κ1) is 64.1. The van der Waals surface area contributed by atoms with Crippen molar-refractivity contribution in [2.24, 2.45) is 17.8 Å². The molecule has 0 bridgehead atoms. The van der Waals surface area contributed by atoms with Crippen molar-refractivity contribution in [2.75, 3.05) is 13.2 Å². The highest BCUT2D eigenvalue weighted by molar-refractivity contribution is 5.60. The predicted octanol–water partition coefficient (Wildman–Crippen LogP) is 14.4. The molecule has 1 saturated heterocycles. The topological polar surface area (TPSA) is 128 Å². The molecule has 3 fully saturated rings. The van der Waals surface area contributed by atoms with Crippen LogP contribution in [0.1, 0.15) is 79.0 Å². The smallest absolute Gasteiger partial charge is 0.431 e. The molecule has 88 heavy (non-hydrogen) atoms. The van der Waals surface area contributed by atoms with Crippen LogP contribution < -0.4 is 0 Å². The molecule has 0 amide bonds. The highest BCUT2D eigenvalue weighted by Gasteiger charge is 2.59. The van der Waals surface area contributed by atoms with Crippen LogP contribution in [-0.4, -0.2) is 92.8 Å². The van der Waals surface area contributed by atoms with E-state index in [1.165, 1.54) is 0 Å². The maximum atomic E-state index is 15.2. The lowest BCUT2D eigenvalue weighted by Crippen LogP contribution is -2.70. The molecule has 464 valence electrons. The molecule has 13 nitrogen and oxygen atoms in total. The normalized spacial score (nSPS) is 26.3. The van der Waals surface area contributed by atoms with Crippen molar-refractivity contribution in [3.63, 3.8) is 0 Å². The molecule has 0 N–H and O–H groups in total. The van der Waals surface area contributed by atoms with E-state index in [1.54, 1.807) is 6.08 Å². The molecule has 2 aliphatic carbocycles. The molecular formula is C75H86O13. The molecule has 0 spiro atoms. The van der Waals surface area contributed by atoms with Gasteiger partial charge in [-0.15, -0.1) is 6.58 Å². The maximum Gasteiger partial charge on any atom is 0.509 e. The quantitative estimate of drug-likeness (QED) is 0.0313. The number of benzene rings is 7. The van der Waals surface area contributed by atoms with Gasteiger partial charge in [0.1, 0.15) is 61.0 Å². The Morgan fingerprint density at radius 3 is 1.19 bits per heavy atom. The molecule has 7 aromatic rings. The number of ether oxygens (including phenoxy) is 12. The van der Waals surface area contributed by atoms with E-state index in [1.807, 2.05) is 212 Å². The third kappa shape index (κ3) is 18.4. The maximum absolute atomic E-state index is 15.2.